The lowest BCUT2D eigenvalue weighted by atomic mass is 10.1. The molecule has 0 saturated heterocycles. The first-order chi connectivity index (χ1) is 12.7. The summed E-state index contributed by atoms with van der Waals surface area (Å²) in [5.74, 6) is -0.0191. The number of anilines is 1. The summed E-state index contributed by atoms with van der Waals surface area (Å²) in [5, 5.41) is 4.00. The van der Waals surface area contributed by atoms with Crippen molar-refractivity contribution in [2.24, 2.45) is 0 Å². The highest BCUT2D eigenvalue weighted by Gasteiger charge is 2.15. The highest BCUT2D eigenvalue weighted by Crippen LogP contribution is 2.28. The molecule has 0 saturated carbocycles. The van der Waals surface area contributed by atoms with Crippen LogP contribution in [-0.4, -0.2) is 18.0 Å². The second-order valence-corrected chi connectivity index (χ2v) is 5.68. The van der Waals surface area contributed by atoms with E-state index in [0.717, 1.165) is 5.39 Å². The number of methoxy groups -OCH3 is 1. The van der Waals surface area contributed by atoms with Crippen LogP contribution < -0.4 is 15.5 Å². The van der Waals surface area contributed by atoms with Crippen LogP contribution in [0.15, 0.2) is 70.0 Å². The lowest BCUT2D eigenvalue weighted by Crippen LogP contribution is -2.15. The van der Waals surface area contributed by atoms with E-state index in [-0.39, 0.29) is 11.2 Å². The predicted octanol–water partition coefficient (Wildman–Crippen LogP) is 3.60. The zero-order chi connectivity index (χ0) is 18.1. The molecule has 0 spiro atoms. The number of hydrogen-bond donors (Lipinski definition) is 1. The van der Waals surface area contributed by atoms with Crippen LogP contribution in [-0.2, 0) is 0 Å². The van der Waals surface area contributed by atoms with Crippen molar-refractivity contribution in [1.82, 2.24) is 4.98 Å². The molecule has 4 aromatic rings. The van der Waals surface area contributed by atoms with Crippen LogP contribution >= 0.6 is 0 Å². The van der Waals surface area contributed by atoms with E-state index in [9.17, 15) is 9.59 Å². The van der Waals surface area contributed by atoms with Crippen LogP contribution in [0.4, 0.5) is 5.69 Å². The van der Waals surface area contributed by atoms with E-state index in [4.69, 9.17) is 9.15 Å². The summed E-state index contributed by atoms with van der Waals surface area (Å²) in [6.07, 6.45) is 1.64. The van der Waals surface area contributed by atoms with Gasteiger partial charge in [-0.05, 0) is 24.3 Å². The first-order valence-corrected chi connectivity index (χ1v) is 7.93. The number of para-hydroxylation sites is 1. The molecule has 4 rings (SSSR count). The molecular formula is C20H14N2O4. The van der Waals surface area contributed by atoms with Crippen LogP contribution in [0.2, 0.25) is 0 Å². The van der Waals surface area contributed by atoms with Crippen molar-refractivity contribution in [2.75, 3.05) is 12.4 Å². The molecule has 26 heavy (non-hydrogen) atoms. The first kappa shape index (κ1) is 15.8. The number of ether oxygens (including phenoxy) is 1. The van der Waals surface area contributed by atoms with Crippen LogP contribution in [0.5, 0.6) is 5.75 Å². The lowest BCUT2D eigenvalue weighted by Gasteiger charge is -2.10. The summed E-state index contributed by atoms with van der Waals surface area (Å²) >= 11 is 0. The molecular weight excluding hydrogens is 332 g/mol. The number of aromatic nitrogens is 1. The molecule has 6 nitrogen and oxygen atoms in total. The van der Waals surface area contributed by atoms with Crippen LogP contribution in [0.1, 0.15) is 10.6 Å². The van der Waals surface area contributed by atoms with Crippen molar-refractivity contribution in [3.63, 3.8) is 0 Å². The van der Waals surface area contributed by atoms with E-state index < -0.39 is 5.91 Å². The quantitative estimate of drug-likeness (QED) is 0.613. The van der Waals surface area contributed by atoms with Crippen molar-refractivity contribution in [3.8, 4) is 5.75 Å². The summed E-state index contributed by atoms with van der Waals surface area (Å²) in [4.78, 5) is 29.1. The molecule has 2 heterocycles. The van der Waals surface area contributed by atoms with Gasteiger partial charge in [-0.1, -0.05) is 18.2 Å². The van der Waals surface area contributed by atoms with Gasteiger partial charge in [0.25, 0.3) is 5.91 Å². The van der Waals surface area contributed by atoms with Crippen molar-refractivity contribution in [3.05, 3.63) is 76.8 Å². The lowest BCUT2D eigenvalue weighted by molar-refractivity contribution is 0.0997. The van der Waals surface area contributed by atoms with Gasteiger partial charge in [0.1, 0.15) is 11.3 Å². The average Bonchev–Trinajstić information content (AvgIpc) is 2.67. The van der Waals surface area contributed by atoms with E-state index in [1.165, 1.54) is 6.07 Å². The fraction of sp³-hybridized carbons (Fsp3) is 0.0500. The highest BCUT2D eigenvalue weighted by molar-refractivity contribution is 6.07. The Kier molecular flexibility index (Phi) is 3.85. The van der Waals surface area contributed by atoms with Gasteiger partial charge in [-0.2, -0.15) is 0 Å². The van der Waals surface area contributed by atoms with Gasteiger partial charge in [-0.15, -0.1) is 0 Å². The molecule has 0 fully saturated rings. The molecule has 128 valence electrons. The van der Waals surface area contributed by atoms with Crippen LogP contribution in [0.3, 0.4) is 0 Å². The number of carbonyl (C=O) groups excluding carboxylic acids is 1. The molecule has 0 aliphatic rings. The second kappa shape index (κ2) is 6.33. The monoisotopic (exact) mass is 346 g/mol. The number of rotatable bonds is 3. The van der Waals surface area contributed by atoms with Gasteiger partial charge in [0, 0.05) is 23.7 Å². The largest absolute Gasteiger partial charge is 0.497 e. The fourth-order valence-corrected chi connectivity index (χ4v) is 2.78. The molecule has 0 aliphatic carbocycles. The number of amides is 1. The number of nitrogens with zero attached hydrogens (tertiary/aromatic N) is 1. The van der Waals surface area contributed by atoms with Gasteiger partial charge in [-0.3, -0.25) is 14.6 Å². The topological polar surface area (TPSA) is 81.4 Å². The van der Waals surface area contributed by atoms with E-state index in [2.05, 4.69) is 10.3 Å². The third-order valence-electron chi connectivity index (χ3n) is 4.02. The SMILES string of the molecule is COc1cc(NC(=O)c2cc(=O)c3ccccc3o2)c2ncccc2c1. The summed E-state index contributed by atoms with van der Waals surface area (Å²) in [5.41, 5.74) is 1.18. The van der Waals surface area contributed by atoms with E-state index in [0.29, 0.717) is 27.9 Å². The maximum Gasteiger partial charge on any atom is 0.291 e. The van der Waals surface area contributed by atoms with Crippen molar-refractivity contribution >= 4 is 33.5 Å². The summed E-state index contributed by atoms with van der Waals surface area (Å²) < 4.78 is 10.9. The average molecular weight is 346 g/mol. The molecule has 0 unspecified atom stereocenters. The Morgan fingerprint density at radius 3 is 2.81 bits per heavy atom. The Bertz CT molecular complexity index is 1200. The summed E-state index contributed by atoms with van der Waals surface area (Å²) in [7, 11) is 1.55. The molecule has 0 atom stereocenters. The minimum atomic E-state index is -0.534. The first-order valence-electron chi connectivity index (χ1n) is 7.93. The predicted molar refractivity (Wildman–Crippen MR) is 98.7 cm³/mol. The Balaban J connectivity index is 1.77. The number of nitrogens with one attached hydrogen (secondary N) is 1. The third-order valence-corrected chi connectivity index (χ3v) is 4.02. The van der Waals surface area contributed by atoms with Crippen molar-refractivity contribution in [2.45, 2.75) is 0 Å². The number of benzene rings is 2. The number of carbonyl (C=O) groups is 1. The zero-order valence-corrected chi connectivity index (χ0v) is 13.9. The van der Waals surface area contributed by atoms with E-state index in [1.807, 2.05) is 12.1 Å². The summed E-state index contributed by atoms with van der Waals surface area (Å²) in [6.45, 7) is 0. The smallest absolute Gasteiger partial charge is 0.291 e. The molecule has 1 N–H and O–H groups in total. The Morgan fingerprint density at radius 2 is 1.96 bits per heavy atom. The molecule has 1 amide bonds. The van der Waals surface area contributed by atoms with Crippen molar-refractivity contribution < 1.29 is 13.9 Å². The van der Waals surface area contributed by atoms with Gasteiger partial charge in [0.2, 0.25) is 0 Å². The zero-order valence-electron chi connectivity index (χ0n) is 13.9. The van der Waals surface area contributed by atoms with Crippen molar-refractivity contribution in [1.29, 1.82) is 0 Å². The minimum Gasteiger partial charge on any atom is -0.497 e. The van der Waals surface area contributed by atoms with Gasteiger partial charge >= 0.3 is 0 Å². The van der Waals surface area contributed by atoms with Gasteiger partial charge in [-0.25, -0.2) is 0 Å². The normalized spacial score (nSPS) is 10.8. The Labute approximate surface area is 148 Å². The van der Waals surface area contributed by atoms with Gasteiger partial charge in [0.05, 0.1) is 23.7 Å². The van der Waals surface area contributed by atoms with E-state index in [1.54, 1.807) is 49.7 Å². The molecule has 2 aromatic heterocycles. The standard InChI is InChI=1S/C20H14N2O4/c1-25-13-9-12-5-4-8-21-19(12)15(10-13)22-20(24)18-11-16(23)14-6-2-3-7-17(14)26-18/h2-11H,1H3,(H,22,24). The Hall–Kier alpha value is -3.67. The third kappa shape index (κ3) is 2.77. The van der Waals surface area contributed by atoms with Gasteiger partial charge < -0.3 is 14.5 Å². The maximum absolute atomic E-state index is 12.6. The molecule has 0 radical (unpaired) electrons. The number of fused-ring (bicyclic) bond motifs is 2. The number of pyridine rings is 1. The minimum absolute atomic E-state index is 0.0689. The van der Waals surface area contributed by atoms with Crippen LogP contribution in [0.25, 0.3) is 21.9 Å². The molecule has 6 heteroatoms. The number of hydrogen-bond acceptors (Lipinski definition) is 5. The van der Waals surface area contributed by atoms with E-state index >= 15 is 0 Å². The van der Waals surface area contributed by atoms with Crippen LogP contribution in [0, 0.1) is 0 Å². The molecule has 2 aromatic carbocycles. The second-order valence-electron chi connectivity index (χ2n) is 5.68. The fourth-order valence-electron chi connectivity index (χ4n) is 2.78. The summed E-state index contributed by atoms with van der Waals surface area (Å²) in [6, 6.07) is 15.2. The maximum atomic E-state index is 12.6. The Morgan fingerprint density at radius 1 is 1.12 bits per heavy atom. The van der Waals surface area contributed by atoms with Gasteiger partial charge in [0.15, 0.2) is 11.2 Å². The highest BCUT2D eigenvalue weighted by atomic mass is 16.5. The molecule has 0 aliphatic heterocycles. The molecule has 0 bridgehead atoms.